The van der Waals surface area contributed by atoms with E-state index >= 15 is 0 Å². The highest BCUT2D eigenvalue weighted by Gasteiger charge is 2.22. The summed E-state index contributed by atoms with van der Waals surface area (Å²) in [5, 5.41) is 16.7. The van der Waals surface area contributed by atoms with Crippen LogP contribution >= 0.6 is 12.4 Å². The zero-order valence-electron chi connectivity index (χ0n) is 10.5. The lowest BCUT2D eigenvalue weighted by atomic mass is 10.0. The Morgan fingerprint density at radius 3 is 2.56 bits per heavy atom. The Kier molecular flexibility index (Phi) is 5.53. The number of hydrogen-bond acceptors (Lipinski definition) is 5. The van der Waals surface area contributed by atoms with Gasteiger partial charge in [0.25, 0.3) is 0 Å². The molecule has 1 fully saturated rings. The molecule has 0 saturated carbocycles. The summed E-state index contributed by atoms with van der Waals surface area (Å²) in [5.74, 6) is 1.43. The normalized spacial score (nSPS) is 18.9. The highest BCUT2D eigenvalue weighted by molar-refractivity contribution is 5.85. The van der Waals surface area contributed by atoms with E-state index < -0.39 is 0 Å². The predicted octanol–water partition coefficient (Wildman–Crippen LogP) is 1.07. The summed E-state index contributed by atoms with van der Waals surface area (Å²) in [4.78, 5) is 0. The summed E-state index contributed by atoms with van der Waals surface area (Å²) in [6.45, 7) is 2.59. The number of rotatable bonds is 3. The quantitative estimate of drug-likeness (QED) is 0.770. The molecule has 0 aliphatic carbocycles. The SMILES string of the molecule is COc1cc(O)c([C@@H]2CNCCN2)c(OC)c1.Cl. The van der Waals surface area contributed by atoms with Crippen molar-refractivity contribution in [2.24, 2.45) is 0 Å². The van der Waals surface area contributed by atoms with Gasteiger partial charge in [-0.15, -0.1) is 12.4 Å². The van der Waals surface area contributed by atoms with Crippen molar-refractivity contribution in [1.29, 1.82) is 0 Å². The van der Waals surface area contributed by atoms with Crippen LogP contribution in [0, 0.1) is 0 Å². The minimum atomic E-state index is 0. The van der Waals surface area contributed by atoms with Crippen molar-refractivity contribution in [2.45, 2.75) is 6.04 Å². The van der Waals surface area contributed by atoms with Crippen LogP contribution in [-0.4, -0.2) is 39.0 Å². The van der Waals surface area contributed by atoms with Gasteiger partial charge in [-0.1, -0.05) is 0 Å². The van der Waals surface area contributed by atoms with Gasteiger partial charge in [-0.25, -0.2) is 0 Å². The van der Waals surface area contributed by atoms with Crippen LogP contribution in [0.25, 0.3) is 0 Å². The van der Waals surface area contributed by atoms with Gasteiger partial charge in [0.1, 0.15) is 17.2 Å². The van der Waals surface area contributed by atoms with Gasteiger partial charge in [0.2, 0.25) is 0 Å². The standard InChI is InChI=1S/C12H18N2O3.ClH/c1-16-8-5-10(15)12(11(6-8)17-2)9-7-13-3-4-14-9;/h5-6,9,13-15H,3-4,7H2,1-2H3;1H/t9-;/m0./s1. The molecule has 0 radical (unpaired) electrons. The Hall–Kier alpha value is -1.17. The Balaban J connectivity index is 0.00000162. The van der Waals surface area contributed by atoms with E-state index in [1.165, 1.54) is 0 Å². The number of ether oxygens (including phenoxy) is 2. The number of phenolic OH excluding ortho intramolecular Hbond substituents is 1. The molecule has 3 N–H and O–H groups in total. The molecule has 0 aromatic heterocycles. The Morgan fingerprint density at radius 2 is 2.00 bits per heavy atom. The Morgan fingerprint density at radius 1 is 1.22 bits per heavy atom. The van der Waals surface area contributed by atoms with Crippen LogP contribution in [0.15, 0.2) is 12.1 Å². The molecule has 1 aromatic rings. The summed E-state index contributed by atoms with van der Waals surface area (Å²) in [7, 11) is 3.16. The molecular weight excluding hydrogens is 256 g/mol. The molecule has 1 aliphatic heterocycles. The first-order valence-corrected chi connectivity index (χ1v) is 5.65. The van der Waals surface area contributed by atoms with Crippen molar-refractivity contribution in [2.75, 3.05) is 33.9 Å². The molecule has 1 aromatic carbocycles. The predicted molar refractivity (Wildman–Crippen MR) is 72.1 cm³/mol. The van der Waals surface area contributed by atoms with Gasteiger partial charge in [-0.3, -0.25) is 0 Å². The largest absolute Gasteiger partial charge is 0.507 e. The maximum Gasteiger partial charge on any atom is 0.131 e. The maximum absolute atomic E-state index is 10.1. The van der Waals surface area contributed by atoms with Crippen molar-refractivity contribution in [1.82, 2.24) is 10.6 Å². The van der Waals surface area contributed by atoms with Gasteiger partial charge in [0.05, 0.1) is 25.8 Å². The lowest BCUT2D eigenvalue weighted by Crippen LogP contribution is -2.42. The van der Waals surface area contributed by atoms with E-state index in [0.29, 0.717) is 11.5 Å². The van der Waals surface area contributed by atoms with Crippen LogP contribution in [0.5, 0.6) is 17.2 Å². The van der Waals surface area contributed by atoms with Crippen LogP contribution in [0.2, 0.25) is 0 Å². The lowest BCUT2D eigenvalue weighted by Gasteiger charge is -2.27. The topological polar surface area (TPSA) is 62.8 Å². The fourth-order valence-electron chi connectivity index (χ4n) is 2.08. The van der Waals surface area contributed by atoms with E-state index in [1.54, 1.807) is 26.4 Å². The van der Waals surface area contributed by atoms with Crippen molar-refractivity contribution in [3.63, 3.8) is 0 Å². The second kappa shape index (κ2) is 6.68. The molecule has 1 heterocycles. The third-order valence-electron chi connectivity index (χ3n) is 2.94. The van der Waals surface area contributed by atoms with Gasteiger partial charge in [-0.2, -0.15) is 0 Å². The van der Waals surface area contributed by atoms with E-state index in [9.17, 15) is 5.11 Å². The average Bonchev–Trinajstić information content (AvgIpc) is 2.38. The molecule has 6 heteroatoms. The third-order valence-corrected chi connectivity index (χ3v) is 2.94. The van der Waals surface area contributed by atoms with Crippen molar-refractivity contribution in [3.8, 4) is 17.2 Å². The van der Waals surface area contributed by atoms with Crippen molar-refractivity contribution >= 4 is 12.4 Å². The van der Waals surface area contributed by atoms with Crippen molar-refractivity contribution < 1.29 is 14.6 Å². The second-order valence-electron chi connectivity index (χ2n) is 3.97. The maximum atomic E-state index is 10.1. The van der Waals surface area contributed by atoms with Crippen LogP contribution in [0.1, 0.15) is 11.6 Å². The van der Waals surface area contributed by atoms with E-state index in [2.05, 4.69) is 10.6 Å². The Bertz CT molecular complexity index is 395. The van der Waals surface area contributed by atoms with Gasteiger partial charge in [-0.05, 0) is 0 Å². The minimum absolute atomic E-state index is 0. The molecule has 1 atom stereocenters. The number of nitrogens with one attached hydrogen (secondary N) is 2. The monoisotopic (exact) mass is 274 g/mol. The van der Waals surface area contributed by atoms with Crippen molar-refractivity contribution in [3.05, 3.63) is 17.7 Å². The second-order valence-corrected chi connectivity index (χ2v) is 3.97. The number of phenols is 1. The molecule has 1 saturated heterocycles. The summed E-state index contributed by atoms with van der Waals surface area (Å²) in [6, 6.07) is 3.45. The van der Waals surface area contributed by atoms with Gasteiger partial charge >= 0.3 is 0 Å². The molecule has 5 nitrogen and oxygen atoms in total. The first-order chi connectivity index (χ1) is 8.26. The number of benzene rings is 1. The van der Waals surface area contributed by atoms with E-state index in [0.717, 1.165) is 25.2 Å². The average molecular weight is 275 g/mol. The van der Waals surface area contributed by atoms with Gasteiger partial charge < -0.3 is 25.2 Å². The molecule has 0 unspecified atom stereocenters. The summed E-state index contributed by atoms with van der Waals surface area (Å²) in [6.07, 6.45) is 0. The smallest absolute Gasteiger partial charge is 0.131 e. The van der Waals surface area contributed by atoms with Crippen LogP contribution in [0.3, 0.4) is 0 Å². The molecule has 0 amide bonds. The highest BCUT2D eigenvalue weighted by atomic mass is 35.5. The number of methoxy groups -OCH3 is 2. The number of piperazine rings is 1. The van der Waals surface area contributed by atoms with Gasteiger partial charge in [0.15, 0.2) is 0 Å². The molecule has 1 aliphatic rings. The summed E-state index contributed by atoms with van der Waals surface area (Å²) >= 11 is 0. The molecule has 102 valence electrons. The van der Waals surface area contributed by atoms with E-state index in [1.807, 2.05) is 0 Å². The minimum Gasteiger partial charge on any atom is -0.507 e. The number of hydrogen-bond donors (Lipinski definition) is 3. The van der Waals surface area contributed by atoms with E-state index in [4.69, 9.17) is 9.47 Å². The Labute approximate surface area is 113 Å². The number of aromatic hydroxyl groups is 1. The fourth-order valence-corrected chi connectivity index (χ4v) is 2.08. The first-order valence-electron chi connectivity index (χ1n) is 5.65. The first kappa shape index (κ1) is 14.9. The third kappa shape index (κ3) is 2.98. The molecule has 0 bridgehead atoms. The highest BCUT2D eigenvalue weighted by Crippen LogP contribution is 2.37. The van der Waals surface area contributed by atoms with E-state index in [-0.39, 0.29) is 24.2 Å². The molecule has 18 heavy (non-hydrogen) atoms. The number of halogens is 1. The van der Waals surface area contributed by atoms with Crippen LogP contribution in [-0.2, 0) is 0 Å². The molecule has 0 spiro atoms. The summed E-state index contributed by atoms with van der Waals surface area (Å²) in [5.41, 5.74) is 0.778. The lowest BCUT2D eigenvalue weighted by molar-refractivity contribution is 0.356. The molecular formula is C12H19ClN2O3. The fraction of sp³-hybridized carbons (Fsp3) is 0.500. The van der Waals surface area contributed by atoms with Crippen LogP contribution < -0.4 is 20.1 Å². The van der Waals surface area contributed by atoms with Gasteiger partial charge in [0, 0.05) is 31.8 Å². The summed E-state index contributed by atoms with van der Waals surface area (Å²) < 4.78 is 10.4. The molecule has 2 rings (SSSR count). The van der Waals surface area contributed by atoms with Crippen LogP contribution in [0.4, 0.5) is 0 Å². The zero-order chi connectivity index (χ0) is 12.3. The zero-order valence-corrected chi connectivity index (χ0v) is 11.3.